The molecule has 0 unspecified atom stereocenters. The molecule has 0 spiro atoms. The average Bonchev–Trinajstić information content (AvgIpc) is 3.45. The number of aliphatic hydroxyl groups excluding tert-OH is 1. The molecule has 0 saturated carbocycles. The topological polar surface area (TPSA) is 95.1 Å². The third kappa shape index (κ3) is 3.97. The van der Waals surface area contributed by atoms with E-state index in [0.717, 1.165) is 0 Å². The third-order valence-corrected chi connectivity index (χ3v) is 5.48. The molecule has 8 nitrogen and oxygen atoms in total. The summed E-state index contributed by atoms with van der Waals surface area (Å²) in [4.78, 5) is 7.51. The normalized spacial score (nSPS) is 25.1. The van der Waals surface area contributed by atoms with E-state index in [1.54, 1.807) is 37.4 Å². The maximum absolute atomic E-state index is 14.7. The van der Waals surface area contributed by atoms with Crippen LogP contribution in [0.2, 0.25) is 0 Å². The summed E-state index contributed by atoms with van der Waals surface area (Å²) < 4.78 is 42.4. The molecule has 4 atom stereocenters. The fourth-order valence-corrected chi connectivity index (χ4v) is 3.93. The first-order chi connectivity index (χ1) is 15.1. The zero-order chi connectivity index (χ0) is 21.4. The van der Waals surface area contributed by atoms with E-state index in [1.165, 1.54) is 6.07 Å². The number of halogens is 1. The van der Waals surface area contributed by atoms with Crippen molar-refractivity contribution in [3.05, 3.63) is 42.2 Å². The van der Waals surface area contributed by atoms with Gasteiger partial charge in [-0.25, -0.2) is 9.37 Å². The second-order valence-corrected chi connectivity index (χ2v) is 7.57. The summed E-state index contributed by atoms with van der Waals surface area (Å²) in [6.07, 6.45) is -1.70. The van der Waals surface area contributed by atoms with Gasteiger partial charge in [-0.15, -0.1) is 0 Å². The van der Waals surface area contributed by atoms with Gasteiger partial charge in [-0.05, 0) is 24.3 Å². The molecule has 2 N–H and O–H groups in total. The number of aromatic nitrogens is 2. The predicted molar refractivity (Wildman–Crippen MR) is 109 cm³/mol. The van der Waals surface area contributed by atoms with Crippen LogP contribution in [0, 0.1) is 5.82 Å². The second-order valence-electron chi connectivity index (χ2n) is 7.57. The number of benzene rings is 1. The molecular formula is C22H23FN2O6. The number of nitrogens with one attached hydrogen (secondary N) is 1. The van der Waals surface area contributed by atoms with Crippen LogP contribution in [0.5, 0.6) is 11.6 Å². The Morgan fingerprint density at radius 3 is 2.74 bits per heavy atom. The number of nitrogens with zero attached hydrogens (tertiary/aromatic N) is 1. The molecule has 2 fully saturated rings. The largest absolute Gasteiger partial charge is 0.491 e. The molecule has 2 aliphatic rings. The molecule has 2 saturated heterocycles. The van der Waals surface area contributed by atoms with E-state index in [9.17, 15) is 9.50 Å². The second kappa shape index (κ2) is 8.43. The number of aromatic amines is 1. The van der Waals surface area contributed by atoms with E-state index in [2.05, 4.69) is 9.97 Å². The highest BCUT2D eigenvalue weighted by molar-refractivity contribution is 5.80. The Morgan fingerprint density at radius 1 is 1.13 bits per heavy atom. The molecule has 1 aromatic carbocycles. The number of H-pyrrole nitrogens is 1. The number of fused-ring (bicyclic) bond motifs is 2. The van der Waals surface area contributed by atoms with E-state index in [0.29, 0.717) is 48.0 Å². The van der Waals surface area contributed by atoms with Crippen LogP contribution in [0.15, 0.2) is 36.4 Å². The van der Waals surface area contributed by atoms with Gasteiger partial charge < -0.3 is 33.8 Å². The highest BCUT2D eigenvalue weighted by Gasteiger charge is 2.48. The van der Waals surface area contributed by atoms with Gasteiger partial charge in [-0.3, -0.25) is 0 Å². The van der Waals surface area contributed by atoms with Gasteiger partial charge in [-0.2, -0.15) is 0 Å². The molecule has 0 bridgehead atoms. The number of pyridine rings is 1. The summed E-state index contributed by atoms with van der Waals surface area (Å²) in [5, 5.41) is 9.86. The molecule has 164 valence electrons. The van der Waals surface area contributed by atoms with Crippen molar-refractivity contribution in [2.24, 2.45) is 0 Å². The molecule has 4 heterocycles. The quantitative estimate of drug-likeness (QED) is 0.556. The summed E-state index contributed by atoms with van der Waals surface area (Å²) in [6.45, 7) is 1.48. The molecule has 2 aromatic heterocycles. The summed E-state index contributed by atoms with van der Waals surface area (Å²) in [5.74, 6) is 0.677. The van der Waals surface area contributed by atoms with E-state index in [-0.39, 0.29) is 30.6 Å². The number of aliphatic hydroxyl groups is 1. The lowest BCUT2D eigenvalue weighted by atomic mass is 10.1. The Balaban J connectivity index is 1.34. The van der Waals surface area contributed by atoms with Crippen molar-refractivity contribution in [1.29, 1.82) is 0 Å². The van der Waals surface area contributed by atoms with Gasteiger partial charge in [0.05, 0.1) is 30.9 Å². The molecule has 31 heavy (non-hydrogen) atoms. The molecule has 9 heteroatoms. The lowest BCUT2D eigenvalue weighted by molar-refractivity contribution is 0.00794. The number of hydrogen-bond acceptors (Lipinski definition) is 7. The Bertz CT molecular complexity index is 1060. The first-order valence-electron chi connectivity index (χ1n) is 10.1. The standard InChI is InChI=1S/C22H23FN2O6/c1-27-6-7-28-13-4-2-12(3-5-13)20-14(23)8-15-16(25-20)9-19(24-15)31-18-11-30-21-17(26)10-29-22(18)21/h2-5,8-9,17-18,21-22,24,26H,6-7,10-11H2,1H3/t17-,18-,21-,22-/m1/s1. The Kier molecular flexibility index (Phi) is 5.49. The van der Waals surface area contributed by atoms with Gasteiger partial charge in [0.25, 0.3) is 0 Å². The Labute approximate surface area is 177 Å². The minimum absolute atomic E-state index is 0.230. The van der Waals surface area contributed by atoms with Crippen molar-refractivity contribution in [3.8, 4) is 22.9 Å². The minimum Gasteiger partial charge on any atom is -0.491 e. The zero-order valence-electron chi connectivity index (χ0n) is 16.9. The fourth-order valence-electron chi connectivity index (χ4n) is 3.93. The van der Waals surface area contributed by atoms with Crippen molar-refractivity contribution in [2.75, 3.05) is 33.5 Å². The smallest absolute Gasteiger partial charge is 0.193 e. The molecule has 2 aliphatic heterocycles. The Morgan fingerprint density at radius 2 is 1.94 bits per heavy atom. The fraction of sp³-hybridized carbons (Fsp3) is 0.409. The summed E-state index contributed by atoms with van der Waals surface area (Å²) in [7, 11) is 1.61. The van der Waals surface area contributed by atoms with Crippen LogP contribution in [-0.4, -0.2) is 73.0 Å². The lowest BCUT2D eigenvalue weighted by Gasteiger charge is -2.16. The monoisotopic (exact) mass is 430 g/mol. The molecule has 0 radical (unpaired) electrons. The first kappa shape index (κ1) is 20.2. The lowest BCUT2D eigenvalue weighted by Crippen LogP contribution is -2.34. The maximum Gasteiger partial charge on any atom is 0.193 e. The van der Waals surface area contributed by atoms with E-state index >= 15 is 0 Å². The molecule has 5 rings (SSSR count). The highest BCUT2D eigenvalue weighted by atomic mass is 19.1. The third-order valence-electron chi connectivity index (χ3n) is 5.48. The number of methoxy groups -OCH3 is 1. The number of rotatable bonds is 7. The van der Waals surface area contributed by atoms with E-state index in [4.69, 9.17) is 23.7 Å². The highest BCUT2D eigenvalue weighted by Crippen LogP contribution is 2.32. The van der Waals surface area contributed by atoms with E-state index < -0.39 is 11.9 Å². The van der Waals surface area contributed by atoms with Gasteiger partial charge in [0.15, 0.2) is 17.8 Å². The van der Waals surface area contributed by atoms with Gasteiger partial charge in [-0.1, -0.05) is 0 Å². The van der Waals surface area contributed by atoms with Crippen LogP contribution < -0.4 is 9.47 Å². The van der Waals surface area contributed by atoms with Crippen LogP contribution in [-0.2, 0) is 14.2 Å². The van der Waals surface area contributed by atoms with Gasteiger partial charge in [0.1, 0.15) is 36.4 Å². The van der Waals surface area contributed by atoms with Crippen molar-refractivity contribution in [3.63, 3.8) is 0 Å². The van der Waals surface area contributed by atoms with Crippen LogP contribution in [0.4, 0.5) is 4.39 Å². The van der Waals surface area contributed by atoms with Crippen molar-refractivity contribution < 1.29 is 33.2 Å². The predicted octanol–water partition coefficient (Wildman–Crippen LogP) is 2.30. The molecule has 0 aliphatic carbocycles. The van der Waals surface area contributed by atoms with Crippen molar-refractivity contribution in [2.45, 2.75) is 24.4 Å². The summed E-state index contributed by atoms with van der Waals surface area (Å²) in [6, 6.07) is 10.2. The van der Waals surface area contributed by atoms with Gasteiger partial charge in [0, 0.05) is 24.8 Å². The summed E-state index contributed by atoms with van der Waals surface area (Å²) in [5.41, 5.74) is 1.99. The van der Waals surface area contributed by atoms with Crippen molar-refractivity contribution in [1.82, 2.24) is 9.97 Å². The van der Waals surface area contributed by atoms with E-state index in [1.807, 2.05) is 0 Å². The van der Waals surface area contributed by atoms with Crippen LogP contribution in [0.25, 0.3) is 22.3 Å². The minimum atomic E-state index is -0.642. The molecule has 0 amide bonds. The van der Waals surface area contributed by atoms with Crippen LogP contribution >= 0.6 is 0 Å². The average molecular weight is 430 g/mol. The molecular weight excluding hydrogens is 407 g/mol. The van der Waals surface area contributed by atoms with Crippen LogP contribution in [0.1, 0.15) is 0 Å². The molecule has 3 aromatic rings. The van der Waals surface area contributed by atoms with Gasteiger partial charge in [0.2, 0.25) is 0 Å². The maximum atomic E-state index is 14.7. The zero-order valence-corrected chi connectivity index (χ0v) is 16.9. The Hall–Kier alpha value is -2.72. The van der Waals surface area contributed by atoms with Crippen LogP contribution in [0.3, 0.4) is 0 Å². The van der Waals surface area contributed by atoms with Crippen molar-refractivity contribution >= 4 is 11.0 Å². The number of ether oxygens (including phenoxy) is 5. The SMILES string of the molecule is COCCOc1ccc(-c2nc3cc(O[C@@H]4CO[C@H]5[C@@H]4OC[C@H]5O)[nH]c3cc2F)cc1. The summed E-state index contributed by atoms with van der Waals surface area (Å²) >= 11 is 0. The number of hydrogen-bond donors (Lipinski definition) is 2. The van der Waals surface area contributed by atoms with Gasteiger partial charge >= 0.3 is 0 Å². The first-order valence-corrected chi connectivity index (χ1v) is 10.1.